The first-order valence-corrected chi connectivity index (χ1v) is 8.54. The minimum atomic E-state index is -0.510. The maximum atomic E-state index is 12.3. The van der Waals surface area contributed by atoms with Crippen LogP contribution in [-0.4, -0.2) is 42.3 Å². The molecule has 0 bridgehead atoms. The molecule has 0 atom stereocenters. The molecule has 136 valence electrons. The van der Waals surface area contributed by atoms with Crippen LogP contribution in [0.15, 0.2) is 42.5 Å². The fourth-order valence-electron chi connectivity index (χ4n) is 1.91. The van der Waals surface area contributed by atoms with Gasteiger partial charge in [0.2, 0.25) is 0 Å². The van der Waals surface area contributed by atoms with Gasteiger partial charge in [0.1, 0.15) is 5.75 Å². The van der Waals surface area contributed by atoms with E-state index < -0.39 is 4.92 Å². The van der Waals surface area contributed by atoms with E-state index in [1.807, 2.05) is 22.6 Å². The zero-order valence-electron chi connectivity index (χ0n) is 14.1. The number of amides is 2. The van der Waals surface area contributed by atoms with Crippen molar-refractivity contribution in [3.05, 3.63) is 61.7 Å². The second kappa shape index (κ2) is 8.61. The molecular formula is C17H16IN3O5. The zero-order valence-corrected chi connectivity index (χ0v) is 16.2. The Bertz CT molecular complexity index is 837. The van der Waals surface area contributed by atoms with E-state index >= 15 is 0 Å². The van der Waals surface area contributed by atoms with Crippen LogP contribution < -0.4 is 10.1 Å². The van der Waals surface area contributed by atoms with Crippen LogP contribution in [0.4, 0.5) is 11.4 Å². The Morgan fingerprint density at radius 3 is 2.38 bits per heavy atom. The Morgan fingerprint density at radius 2 is 1.85 bits per heavy atom. The average molecular weight is 469 g/mol. The number of carbonyl (C=O) groups is 2. The van der Waals surface area contributed by atoms with Crippen LogP contribution in [0.1, 0.15) is 10.4 Å². The highest BCUT2D eigenvalue weighted by Crippen LogP contribution is 2.22. The number of hydrogen-bond acceptors (Lipinski definition) is 5. The van der Waals surface area contributed by atoms with Crippen molar-refractivity contribution < 1.29 is 19.2 Å². The Hall–Kier alpha value is -2.69. The molecular weight excluding hydrogens is 453 g/mol. The summed E-state index contributed by atoms with van der Waals surface area (Å²) in [5.41, 5.74) is 0.809. The Labute approximate surface area is 163 Å². The molecule has 0 spiro atoms. The second-order valence-electron chi connectivity index (χ2n) is 5.48. The molecule has 2 amide bonds. The standard InChI is InChI=1S/C17H16IN3O5/c1-20(2)16(22)10-26-13-6-3-11(4-7-13)19-17(23)14-8-5-12(21(24)25)9-15(14)18/h3-9H,10H2,1-2H3,(H,19,23). The van der Waals surface area contributed by atoms with Crippen molar-refractivity contribution in [2.24, 2.45) is 0 Å². The zero-order chi connectivity index (χ0) is 19.3. The van der Waals surface area contributed by atoms with Crippen LogP contribution in [-0.2, 0) is 4.79 Å². The summed E-state index contributed by atoms with van der Waals surface area (Å²) in [5.74, 6) is -0.0287. The predicted octanol–water partition coefficient (Wildman–Crippen LogP) is 2.92. The molecule has 2 aromatic rings. The minimum absolute atomic E-state index is 0.0697. The number of likely N-dealkylation sites (N-methyl/N-ethyl adjacent to an activating group) is 1. The third-order valence-electron chi connectivity index (χ3n) is 3.38. The van der Waals surface area contributed by atoms with Gasteiger partial charge in [-0.15, -0.1) is 0 Å². The van der Waals surface area contributed by atoms with Crippen molar-refractivity contribution in [1.82, 2.24) is 4.90 Å². The van der Waals surface area contributed by atoms with Gasteiger partial charge in [-0.25, -0.2) is 0 Å². The molecule has 1 N–H and O–H groups in total. The fourth-order valence-corrected chi connectivity index (χ4v) is 2.65. The highest BCUT2D eigenvalue weighted by molar-refractivity contribution is 14.1. The predicted molar refractivity (Wildman–Crippen MR) is 104 cm³/mol. The van der Waals surface area contributed by atoms with Crippen LogP contribution in [0.2, 0.25) is 0 Å². The van der Waals surface area contributed by atoms with E-state index in [0.717, 1.165) is 0 Å². The first-order valence-electron chi connectivity index (χ1n) is 7.46. The summed E-state index contributed by atoms with van der Waals surface area (Å²) < 4.78 is 5.84. The van der Waals surface area contributed by atoms with Gasteiger partial charge in [0, 0.05) is 35.5 Å². The molecule has 0 aliphatic heterocycles. The number of nitro benzene ring substituents is 1. The Balaban J connectivity index is 2.01. The van der Waals surface area contributed by atoms with Crippen LogP contribution in [0.25, 0.3) is 0 Å². The van der Waals surface area contributed by atoms with E-state index in [1.54, 1.807) is 38.4 Å². The molecule has 0 aliphatic rings. The quantitative estimate of drug-likeness (QED) is 0.398. The van der Waals surface area contributed by atoms with Gasteiger partial charge >= 0.3 is 0 Å². The number of rotatable bonds is 6. The lowest BCUT2D eigenvalue weighted by molar-refractivity contribution is -0.384. The molecule has 8 nitrogen and oxygen atoms in total. The highest BCUT2D eigenvalue weighted by Gasteiger charge is 2.15. The first kappa shape index (κ1) is 19.6. The molecule has 0 radical (unpaired) electrons. The molecule has 0 saturated carbocycles. The molecule has 0 fully saturated rings. The second-order valence-corrected chi connectivity index (χ2v) is 6.64. The van der Waals surface area contributed by atoms with Gasteiger partial charge in [0.15, 0.2) is 6.61 Å². The maximum absolute atomic E-state index is 12.3. The van der Waals surface area contributed by atoms with Gasteiger partial charge in [-0.3, -0.25) is 19.7 Å². The van der Waals surface area contributed by atoms with Crippen LogP contribution in [0.5, 0.6) is 5.75 Å². The lowest BCUT2D eigenvalue weighted by Crippen LogP contribution is -2.27. The molecule has 0 aromatic heterocycles. The normalized spacial score (nSPS) is 10.1. The number of nitrogens with one attached hydrogen (secondary N) is 1. The van der Waals surface area contributed by atoms with E-state index in [-0.39, 0.29) is 24.1 Å². The van der Waals surface area contributed by atoms with Gasteiger partial charge in [0.05, 0.1) is 10.5 Å². The highest BCUT2D eigenvalue weighted by atomic mass is 127. The number of hydrogen-bond donors (Lipinski definition) is 1. The number of halogens is 1. The summed E-state index contributed by atoms with van der Waals surface area (Å²) in [6, 6.07) is 10.6. The summed E-state index contributed by atoms with van der Waals surface area (Å²) in [5, 5.41) is 13.5. The monoisotopic (exact) mass is 469 g/mol. The summed E-state index contributed by atoms with van der Waals surface area (Å²) in [6.07, 6.45) is 0. The summed E-state index contributed by atoms with van der Waals surface area (Å²) >= 11 is 1.88. The average Bonchev–Trinajstić information content (AvgIpc) is 2.60. The van der Waals surface area contributed by atoms with Gasteiger partial charge in [-0.2, -0.15) is 0 Å². The van der Waals surface area contributed by atoms with E-state index in [4.69, 9.17) is 4.74 Å². The molecule has 0 unspecified atom stereocenters. The summed E-state index contributed by atoms with van der Waals surface area (Å²) in [6.45, 7) is -0.0697. The molecule has 2 rings (SSSR count). The summed E-state index contributed by atoms with van der Waals surface area (Å²) in [4.78, 5) is 35.5. The number of nitrogens with zero attached hydrogens (tertiary/aromatic N) is 2. The third kappa shape index (κ3) is 5.15. The smallest absolute Gasteiger partial charge is 0.270 e. The number of carbonyl (C=O) groups excluding carboxylic acids is 2. The van der Waals surface area contributed by atoms with E-state index in [2.05, 4.69) is 5.32 Å². The largest absolute Gasteiger partial charge is 0.484 e. The van der Waals surface area contributed by atoms with E-state index in [0.29, 0.717) is 20.6 Å². The van der Waals surface area contributed by atoms with Gasteiger partial charge in [-0.05, 0) is 52.9 Å². The SMILES string of the molecule is CN(C)C(=O)COc1ccc(NC(=O)c2ccc([N+](=O)[O-])cc2I)cc1. The number of anilines is 1. The Kier molecular flexibility index (Phi) is 6.50. The molecule has 2 aromatic carbocycles. The lowest BCUT2D eigenvalue weighted by atomic mass is 10.2. The van der Waals surface area contributed by atoms with E-state index in [1.165, 1.54) is 23.1 Å². The van der Waals surface area contributed by atoms with Crippen LogP contribution in [0.3, 0.4) is 0 Å². The van der Waals surface area contributed by atoms with Gasteiger partial charge in [-0.1, -0.05) is 0 Å². The van der Waals surface area contributed by atoms with Crippen molar-refractivity contribution in [2.75, 3.05) is 26.0 Å². The van der Waals surface area contributed by atoms with Crippen LogP contribution >= 0.6 is 22.6 Å². The van der Waals surface area contributed by atoms with Crippen molar-refractivity contribution in [1.29, 1.82) is 0 Å². The molecule has 0 saturated heterocycles. The third-order valence-corrected chi connectivity index (χ3v) is 4.27. The fraction of sp³-hybridized carbons (Fsp3) is 0.176. The minimum Gasteiger partial charge on any atom is -0.484 e. The molecule has 26 heavy (non-hydrogen) atoms. The molecule has 0 aliphatic carbocycles. The van der Waals surface area contributed by atoms with Crippen LogP contribution in [0, 0.1) is 13.7 Å². The van der Waals surface area contributed by atoms with Crippen molar-refractivity contribution >= 4 is 45.8 Å². The topological polar surface area (TPSA) is 102 Å². The lowest BCUT2D eigenvalue weighted by Gasteiger charge is -2.12. The number of non-ortho nitro benzene ring substituents is 1. The molecule has 9 heteroatoms. The van der Waals surface area contributed by atoms with Gasteiger partial charge < -0.3 is 15.0 Å². The number of ether oxygens (including phenoxy) is 1. The van der Waals surface area contributed by atoms with Crippen molar-refractivity contribution in [3.8, 4) is 5.75 Å². The molecule has 0 heterocycles. The van der Waals surface area contributed by atoms with Crippen molar-refractivity contribution in [3.63, 3.8) is 0 Å². The van der Waals surface area contributed by atoms with Gasteiger partial charge in [0.25, 0.3) is 17.5 Å². The number of benzene rings is 2. The summed E-state index contributed by atoms with van der Waals surface area (Å²) in [7, 11) is 3.29. The number of nitro groups is 1. The van der Waals surface area contributed by atoms with E-state index in [9.17, 15) is 19.7 Å². The first-order chi connectivity index (χ1) is 12.3. The maximum Gasteiger partial charge on any atom is 0.270 e. The van der Waals surface area contributed by atoms with Crippen molar-refractivity contribution in [2.45, 2.75) is 0 Å². The Morgan fingerprint density at radius 1 is 1.19 bits per heavy atom.